The van der Waals surface area contributed by atoms with Gasteiger partial charge in [0.05, 0.1) is 5.70 Å². The van der Waals surface area contributed by atoms with Crippen LogP contribution < -0.4 is 0 Å². The summed E-state index contributed by atoms with van der Waals surface area (Å²) in [5.74, 6) is 1.08. The van der Waals surface area contributed by atoms with Crippen LogP contribution >= 0.6 is 0 Å². The van der Waals surface area contributed by atoms with Crippen LogP contribution in [0, 0.1) is 11.8 Å². The van der Waals surface area contributed by atoms with E-state index in [1.165, 1.54) is 72.4 Å². The lowest BCUT2D eigenvalue weighted by atomic mass is 9.63. The fourth-order valence-corrected chi connectivity index (χ4v) is 6.02. The van der Waals surface area contributed by atoms with Crippen molar-refractivity contribution >= 4 is 11.4 Å². The molecule has 0 N–H and O–H groups in total. The Balaban J connectivity index is 0.00000167. The van der Waals surface area contributed by atoms with Crippen LogP contribution in [0.25, 0.3) is 5.70 Å². The van der Waals surface area contributed by atoms with E-state index in [1.54, 1.807) is 0 Å². The summed E-state index contributed by atoms with van der Waals surface area (Å²) in [5, 5.41) is 0. The van der Waals surface area contributed by atoms with E-state index in [2.05, 4.69) is 95.9 Å². The van der Waals surface area contributed by atoms with E-state index in [0.717, 1.165) is 6.54 Å². The summed E-state index contributed by atoms with van der Waals surface area (Å²) in [5.41, 5.74) is 8.94. The Hall–Kier alpha value is -1.93. The molecule has 0 saturated carbocycles. The van der Waals surface area contributed by atoms with Crippen molar-refractivity contribution in [2.75, 3.05) is 19.6 Å². The number of benzene rings is 1. The van der Waals surface area contributed by atoms with Crippen molar-refractivity contribution in [1.29, 1.82) is 0 Å². The number of fused-ring (bicyclic) bond motifs is 1. The first-order valence-corrected chi connectivity index (χ1v) is 14.1. The Morgan fingerprint density at radius 2 is 1.66 bits per heavy atom. The molecule has 1 fully saturated rings. The zero-order valence-corrected chi connectivity index (χ0v) is 24.0. The Labute approximate surface area is 216 Å². The van der Waals surface area contributed by atoms with Crippen molar-refractivity contribution in [3.05, 3.63) is 64.8 Å². The lowest BCUT2D eigenvalue weighted by molar-refractivity contribution is 0.224. The third-order valence-electron chi connectivity index (χ3n) is 8.32. The number of hydrogen-bond donors (Lipinski definition) is 0. The third-order valence-corrected chi connectivity index (χ3v) is 8.32. The van der Waals surface area contributed by atoms with Crippen molar-refractivity contribution < 1.29 is 0 Å². The van der Waals surface area contributed by atoms with Crippen LogP contribution in [-0.2, 0) is 10.8 Å². The van der Waals surface area contributed by atoms with Gasteiger partial charge in [-0.05, 0) is 86.7 Å². The minimum Gasteiger partial charge on any atom is -0.299 e. The summed E-state index contributed by atoms with van der Waals surface area (Å²) in [7, 11) is 0. The predicted molar refractivity (Wildman–Crippen MR) is 155 cm³/mol. The molecule has 4 rings (SSSR count). The minimum atomic E-state index is 0.241. The highest BCUT2D eigenvalue weighted by Gasteiger charge is 2.37. The van der Waals surface area contributed by atoms with Gasteiger partial charge in [0.2, 0.25) is 0 Å². The van der Waals surface area contributed by atoms with Gasteiger partial charge in [-0.3, -0.25) is 9.89 Å². The molecular formula is C33H50N2. The lowest BCUT2D eigenvalue weighted by Crippen LogP contribution is -2.38. The van der Waals surface area contributed by atoms with Gasteiger partial charge in [-0.15, -0.1) is 0 Å². The molecule has 1 aromatic carbocycles. The highest BCUT2D eigenvalue weighted by Crippen LogP contribution is 2.46. The molecule has 0 amide bonds. The minimum absolute atomic E-state index is 0.241. The normalized spacial score (nSPS) is 24.5. The van der Waals surface area contributed by atoms with Gasteiger partial charge in [-0.2, -0.15) is 0 Å². The first-order chi connectivity index (χ1) is 16.6. The SMILES string of the molecule is C/C=C\C=C(/C)CN1CCC(C2=NC(c3ccc4c(c3)C(C)(C)CCC4(C)C)=CC2C)CC1.CC. The van der Waals surface area contributed by atoms with Gasteiger partial charge in [0.25, 0.3) is 0 Å². The van der Waals surface area contributed by atoms with Crippen molar-refractivity contribution in [2.24, 2.45) is 16.8 Å². The van der Waals surface area contributed by atoms with E-state index < -0.39 is 0 Å². The second-order valence-corrected chi connectivity index (χ2v) is 12.0. The van der Waals surface area contributed by atoms with Gasteiger partial charge in [0.1, 0.15) is 0 Å². The third kappa shape index (κ3) is 6.26. The van der Waals surface area contributed by atoms with Crippen LogP contribution in [0.4, 0.5) is 0 Å². The molecule has 2 aliphatic heterocycles. The second-order valence-electron chi connectivity index (χ2n) is 12.0. The maximum atomic E-state index is 5.26. The lowest BCUT2D eigenvalue weighted by Gasteiger charge is -2.42. The molecular weight excluding hydrogens is 424 g/mol. The molecule has 35 heavy (non-hydrogen) atoms. The van der Waals surface area contributed by atoms with Crippen molar-refractivity contribution in [3.63, 3.8) is 0 Å². The molecule has 192 valence electrons. The quantitative estimate of drug-likeness (QED) is 0.389. The highest BCUT2D eigenvalue weighted by atomic mass is 15.1. The van der Waals surface area contributed by atoms with E-state index in [9.17, 15) is 0 Å². The van der Waals surface area contributed by atoms with E-state index in [4.69, 9.17) is 4.99 Å². The van der Waals surface area contributed by atoms with E-state index >= 15 is 0 Å². The number of allylic oxidation sites excluding steroid dienone is 4. The van der Waals surface area contributed by atoms with Gasteiger partial charge >= 0.3 is 0 Å². The molecule has 0 radical (unpaired) electrons. The maximum absolute atomic E-state index is 5.26. The molecule has 1 saturated heterocycles. The molecule has 1 aliphatic carbocycles. The molecule has 2 heteroatoms. The van der Waals surface area contributed by atoms with Gasteiger partial charge in [-0.1, -0.05) is 84.4 Å². The van der Waals surface area contributed by atoms with Gasteiger partial charge < -0.3 is 0 Å². The zero-order valence-electron chi connectivity index (χ0n) is 24.0. The average molecular weight is 475 g/mol. The van der Waals surface area contributed by atoms with E-state index in [0.29, 0.717) is 11.8 Å². The summed E-state index contributed by atoms with van der Waals surface area (Å²) in [6.07, 6.45) is 13.9. The Kier molecular flexibility index (Phi) is 9.02. The summed E-state index contributed by atoms with van der Waals surface area (Å²) < 4.78 is 0. The van der Waals surface area contributed by atoms with Crippen LogP contribution in [-0.4, -0.2) is 30.2 Å². The topological polar surface area (TPSA) is 15.6 Å². The highest BCUT2D eigenvalue weighted by molar-refractivity contribution is 5.99. The molecule has 0 bridgehead atoms. The molecule has 2 heterocycles. The van der Waals surface area contributed by atoms with Crippen LogP contribution in [0.2, 0.25) is 0 Å². The molecule has 1 unspecified atom stereocenters. The van der Waals surface area contributed by atoms with E-state index in [1.807, 2.05) is 13.8 Å². The molecule has 1 atom stereocenters. The Bertz CT molecular complexity index is 994. The summed E-state index contributed by atoms with van der Waals surface area (Å²) in [6, 6.07) is 7.19. The largest absolute Gasteiger partial charge is 0.299 e. The van der Waals surface area contributed by atoms with Crippen molar-refractivity contribution in [2.45, 2.75) is 98.8 Å². The van der Waals surface area contributed by atoms with Crippen molar-refractivity contribution in [1.82, 2.24) is 4.90 Å². The number of nitrogens with zero attached hydrogens (tertiary/aromatic N) is 2. The van der Waals surface area contributed by atoms with Gasteiger partial charge in [-0.25, -0.2) is 0 Å². The summed E-state index contributed by atoms with van der Waals surface area (Å²) in [4.78, 5) is 7.87. The number of hydrogen-bond acceptors (Lipinski definition) is 2. The average Bonchev–Trinajstić information content (AvgIpc) is 3.24. The number of rotatable bonds is 5. The van der Waals surface area contributed by atoms with Crippen LogP contribution in [0.15, 0.2) is 53.1 Å². The van der Waals surface area contributed by atoms with Gasteiger partial charge in [0.15, 0.2) is 0 Å². The number of aliphatic imine (C=N–C) groups is 1. The van der Waals surface area contributed by atoms with Crippen LogP contribution in [0.1, 0.15) is 105 Å². The zero-order chi connectivity index (χ0) is 25.8. The van der Waals surface area contributed by atoms with E-state index in [-0.39, 0.29) is 10.8 Å². The van der Waals surface area contributed by atoms with Crippen molar-refractivity contribution in [3.8, 4) is 0 Å². The predicted octanol–water partition coefficient (Wildman–Crippen LogP) is 8.73. The smallest absolute Gasteiger partial charge is 0.0668 e. The number of likely N-dealkylation sites (tertiary alicyclic amines) is 1. The maximum Gasteiger partial charge on any atom is 0.0668 e. The molecule has 0 aromatic heterocycles. The molecule has 2 nitrogen and oxygen atoms in total. The fraction of sp³-hybridized carbons (Fsp3) is 0.606. The second kappa shape index (κ2) is 11.4. The monoisotopic (exact) mass is 474 g/mol. The Morgan fingerprint density at radius 1 is 1.03 bits per heavy atom. The fourth-order valence-electron chi connectivity index (χ4n) is 6.02. The summed E-state index contributed by atoms with van der Waals surface area (Å²) in [6.45, 7) is 23.7. The molecule has 3 aliphatic rings. The van der Waals surface area contributed by atoms with Crippen LogP contribution in [0.5, 0.6) is 0 Å². The number of piperidine rings is 1. The molecule has 1 aromatic rings. The summed E-state index contributed by atoms with van der Waals surface area (Å²) >= 11 is 0. The van der Waals surface area contributed by atoms with Gasteiger partial charge in [0, 0.05) is 29.7 Å². The first-order valence-electron chi connectivity index (χ1n) is 14.1. The standard InChI is InChI=1S/C31H44N2.C2H6/c1-8-9-10-22(2)21-33-17-13-24(14-18-33)29-23(3)19-28(32-29)25-11-12-26-27(20-25)31(6,7)16-15-30(26,4)5;1-2/h8-12,19-20,23-24H,13-18,21H2,1-7H3;1-2H3/b9-8-,22-10+;. The Morgan fingerprint density at radius 3 is 2.29 bits per heavy atom. The molecule has 0 spiro atoms. The van der Waals surface area contributed by atoms with Crippen LogP contribution in [0.3, 0.4) is 0 Å². The first kappa shape index (κ1) is 27.7.